The van der Waals surface area contributed by atoms with Crippen LogP contribution in [-0.4, -0.2) is 109 Å². The van der Waals surface area contributed by atoms with Crippen molar-refractivity contribution in [2.24, 2.45) is 0 Å². The van der Waals surface area contributed by atoms with Crippen LogP contribution < -0.4 is 16.1 Å². The van der Waals surface area contributed by atoms with E-state index in [1.54, 1.807) is 28.2 Å². The van der Waals surface area contributed by atoms with E-state index in [2.05, 4.69) is 10.6 Å². The van der Waals surface area contributed by atoms with Crippen molar-refractivity contribution in [3.63, 3.8) is 0 Å². The van der Waals surface area contributed by atoms with Gasteiger partial charge in [-0.2, -0.15) is 4.31 Å². The normalized spacial score (nSPS) is 16.1. The number of hydrogen-bond donors (Lipinski definition) is 5. The molecule has 0 fully saturated rings. The second-order valence-electron chi connectivity index (χ2n) is 11.7. The topological polar surface area (TPSA) is 212 Å². The predicted molar refractivity (Wildman–Crippen MR) is 180 cm³/mol. The average Bonchev–Trinajstić information content (AvgIpc) is 3.59. The first-order chi connectivity index (χ1) is 24.0. The van der Waals surface area contributed by atoms with Crippen molar-refractivity contribution in [1.29, 1.82) is 5.41 Å². The molecule has 3 aromatic rings. The molecule has 0 saturated carbocycles. The lowest BCUT2D eigenvalue weighted by molar-refractivity contribution is -0.133. The molecule has 0 bridgehead atoms. The Bertz CT molecular complexity index is 1890. The molecule has 266 valence electrons. The number of carbonyl (C=O) groups is 4. The lowest BCUT2D eigenvalue weighted by atomic mass is 9.98. The van der Waals surface area contributed by atoms with Crippen molar-refractivity contribution >= 4 is 50.4 Å². The summed E-state index contributed by atoms with van der Waals surface area (Å²) in [5, 5.41) is 23.3. The first-order valence-electron chi connectivity index (χ1n) is 15.9. The van der Waals surface area contributed by atoms with Gasteiger partial charge in [0, 0.05) is 42.2 Å². The monoisotopic (exact) mass is 709 g/mol. The molecule has 2 aliphatic rings. The van der Waals surface area contributed by atoms with Gasteiger partial charge in [0.2, 0.25) is 21.8 Å². The largest absolute Gasteiger partial charge is 0.377 e. The van der Waals surface area contributed by atoms with Crippen LogP contribution in [-0.2, 0) is 58.2 Å². The first kappa shape index (κ1) is 36.3. The summed E-state index contributed by atoms with van der Waals surface area (Å²) in [6.45, 7) is 2.34. The summed E-state index contributed by atoms with van der Waals surface area (Å²) in [5.41, 5.74) is 4.40. The summed E-state index contributed by atoms with van der Waals surface area (Å²) in [4.78, 5) is 50.9. The van der Waals surface area contributed by atoms with E-state index < -0.39 is 22.0 Å². The Kier molecular flexibility index (Phi) is 11.8. The van der Waals surface area contributed by atoms with E-state index in [0.717, 1.165) is 15.3 Å². The van der Waals surface area contributed by atoms with Gasteiger partial charge in [0.25, 0.3) is 11.8 Å². The minimum atomic E-state index is -4.19. The summed E-state index contributed by atoms with van der Waals surface area (Å²) < 4.78 is 41.1. The molecule has 2 aromatic carbocycles. The van der Waals surface area contributed by atoms with E-state index in [4.69, 9.17) is 14.9 Å². The van der Waals surface area contributed by atoms with Crippen molar-refractivity contribution in [2.75, 3.05) is 46.1 Å². The van der Waals surface area contributed by atoms with Crippen LogP contribution in [0.3, 0.4) is 0 Å². The Morgan fingerprint density at radius 2 is 1.66 bits per heavy atom. The van der Waals surface area contributed by atoms with E-state index >= 15 is 0 Å². The summed E-state index contributed by atoms with van der Waals surface area (Å²) in [6.07, 6.45) is 2.72. The van der Waals surface area contributed by atoms with Gasteiger partial charge in [-0.05, 0) is 36.8 Å². The predicted octanol–water partition coefficient (Wildman–Crippen LogP) is 0.212. The number of fused-ring (bicyclic) bond motifs is 3. The highest BCUT2D eigenvalue weighted by Gasteiger charge is 2.42. The van der Waals surface area contributed by atoms with Crippen molar-refractivity contribution in [3.8, 4) is 0 Å². The number of sulfonamides is 1. The van der Waals surface area contributed by atoms with Gasteiger partial charge in [0.15, 0.2) is 0 Å². The van der Waals surface area contributed by atoms with E-state index in [1.807, 2.05) is 25.1 Å². The van der Waals surface area contributed by atoms with Gasteiger partial charge in [0.05, 0.1) is 37.8 Å². The quantitative estimate of drug-likeness (QED) is 0.0781. The van der Waals surface area contributed by atoms with Crippen LogP contribution in [0, 0.1) is 12.3 Å². The van der Waals surface area contributed by atoms with Gasteiger partial charge >= 0.3 is 0 Å². The number of rotatable bonds is 16. The number of hydroxylamine groups is 1. The number of amides is 4. The number of para-hydroxylation sites is 1. The Labute approximate surface area is 288 Å². The van der Waals surface area contributed by atoms with Crippen molar-refractivity contribution < 1.29 is 42.3 Å². The molecule has 50 heavy (non-hydrogen) atoms. The van der Waals surface area contributed by atoms with Gasteiger partial charge in [-0.15, -0.1) is 0 Å². The first-order valence-corrected chi connectivity index (χ1v) is 17.3. The SMILES string of the molecule is Cc1ccc(S(=O)(=O)N2Cc3c(c4ccccc4n3CC(=O)NCCNC(=O)COCCOCCN3C(=N)C=CC3=O)C[C@H]2C(=O)NO)cc1. The Morgan fingerprint density at radius 1 is 0.960 bits per heavy atom. The molecule has 0 aliphatic carbocycles. The lowest BCUT2D eigenvalue weighted by Crippen LogP contribution is -2.52. The second-order valence-corrected chi connectivity index (χ2v) is 13.6. The Balaban J connectivity index is 1.14. The smallest absolute Gasteiger partial charge is 0.262 e. The molecule has 16 nitrogen and oxygen atoms in total. The van der Waals surface area contributed by atoms with Gasteiger partial charge < -0.3 is 24.7 Å². The second kappa shape index (κ2) is 16.2. The molecule has 0 unspecified atom stereocenters. The number of ether oxygens (including phenoxy) is 2. The van der Waals surface area contributed by atoms with Crippen molar-refractivity contribution in [2.45, 2.75) is 37.4 Å². The number of nitrogens with zero attached hydrogens (tertiary/aromatic N) is 3. The summed E-state index contributed by atoms with van der Waals surface area (Å²) in [6, 6.07) is 12.3. The molecule has 17 heteroatoms. The molecule has 5 N–H and O–H groups in total. The maximum atomic E-state index is 13.8. The van der Waals surface area contributed by atoms with E-state index in [9.17, 15) is 32.8 Å². The van der Waals surface area contributed by atoms with E-state index in [1.165, 1.54) is 29.2 Å². The van der Waals surface area contributed by atoms with E-state index in [0.29, 0.717) is 16.8 Å². The fourth-order valence-electron chi connectivity index (χ4n) is 5.84. The molecule has 0 spiro atoms. The molecule has 1 atom stereocenters. The zero-order valence-corrected chi connectivity index (χ0v) is 28.2. The Hall–Kier alpha value is -4.94. The number of hydrogen-bond acceptors (Lipinski definition) is 10. The standard InChI is InChI=1S/C33H39N7O9S/c1-22-6-8-23(9-7-22)50(46,47)40-19-28-25(18-27(40)33(44)37-45)24-4-2-3-5-26(24)39(28)20-30(41)35-12-13-36-31(42)21-49-17-16-48-15-14-38-29(34)10-11-32(38)43/h2-11,27,34,45H,12-21H2,1H3,(H,35,41)(H,36,42)(H,37,44)/t27-/m0/s1. The van der Waals surface area contributed by atoms with Crippen LogP contribution in [0.5, 0.6) is 0 Å². The zero-order chi connectivity index (χ0) is 35.8. The molecule has 0 radical (unpaired) electrons. The van der Waals surface area contributed by atoms with Crippen LogP contribution in [0.4, 0.5) is 0 Å². The highest BCUT2D eigenvalue weighted by atomic mass is 32.2. The van der Waals surface area contributed by atoms with Gasteiger partial charge in [-0.3, -0.25) is 34.7 Å². The van der Waals surface area contributed by atoms with Crippen LogP contribution >= 0.6 is 0 Å². The molecule has 0 saturated heterocycles. The third-order valence-electron chi connectivity index (χ3n) is 8.36. The zero-order valence-electron chi connectivity index (χ0n) is 27.4. The molecule has 1 aromatic heterocycles. The third kappa shape index (κ3) is 8.26. The fraction of sp³-hybridized carbons (Fsp3) is 0.364. The number of benzene rings is 2. The highest BCUT2D eigenvalue weighted by Crippen LogP contribution is 2.36. The van der Waals surface area contributed by atoms with Crippen LogP contribution in [0.25, 0.3) is 10.9 Å². The Morgan fingerprint density at radius 3 is 2.36 bits per heavy atom. The lowest BCUT2D eigenvalue weighted by Gasteiger charge is -2.34. The number of aromatic nitrogens is 1. The number of nitrogens with one attached hydrogen (secondary N) is 4. The summed E-state index contributed by atoms with van der Waals surface area (Å²) in [5.74, 6) is -1.77. The molecular weight excluding hydrogens is 670 g/mol. The van der Waals surface area contributed by atoms with Crippen molar-refractivity contribution in [3.05, 3.63) is 77.5 Å². The maximum absolute atomic E-state index is 13.8. The molecule has 5 rings (SSSR count). The minimum Gasteiger partial charge on any atom is -0.377 e. The third-order valence-corrected chi connectivity index (χ3v) is 10.2. The van der Waals surface area contributed by atoms with Crippen LogP contribution in [0.1, 0.15) is 16.8 Å². The highest BCUT2D eigenvalue weighted by molar-refractivity contribution is 7.89. The number of carbonyl (C=O) groups excluding carboxylic acids is 4. The molecule has 3 heterocycles. The van der Waals surface area contributed by atoms with Crippen LogP contribution in [0.2, 0.25) is 0 Å². The summed E-state index contributed by atoms with van der Waals surface area (Å²) in [7, 11) is -4.19. The van der Waals surface area contributed by atoms with E-state index in [-0.39, 0.29) is 94.0 Å². The summed E-state index contributed by atoms with van der Waals surface area (Å²) >= 11 is 0. The number of aryl methyl sites for hydroxylation is 1. The van der Waals surface area contributed by atoms with Crippen LogP contribution in [0.15, 0.2) is 65.6 Å². The molecule has 2 aliphatic heterocycles. The fourth-order valence-corrected chi connectivity index (χ4v) is 7.39. The molecular formula is C33H39N7O9S. The molecule has 4 amide bonds. The number of amidine groups is 1. The van der Waals surface area contributed by atoms with Gasteiger partial charge in [-0.25, -0.2) is 13.9 Å². The van der Waals surface area contributed by atoms with Gasteiger partial charge in [0.1, 0.15) is 25.0 Å². The minimum absolute atomic E-state index is 0.00378. The maximum Gasteiger partial charge on any atom is 0.262 e. The average molecular weight is 710 g/mol. The van der Waals surface area contributed by atoms with Crippen molar-refractivity contribution in [1.82, 2.24) is 29.9 Å². The van der Waals surface area contributed by atoms with Gasteiger partial charge in [-0.1, -0.05) is 35.9 Å².